The molecule has 0 spiro atoms. The summed E-state index contributed by atoms with van der Waals surface area (Å²) in [4.78, 5) is 19.6. The van der Waals surface area contributed by atoms with Gasteiger partial charge in [-0.05, 0) is 49.7 Å². The van der Waals surface area contributed by atoms with Crippen LogP contribution < -0.4 is 10.5 Å². The van der Waals surface area contributed by atoms with E-state index in [9.17, 15) is 18.0 Å². The number of ether oxygens (including phenoxy) is 2. The standard InChI is InChI=1S/C24H22F3N3O3/c1-3-30(19-11-33-20-9-14(24(25,26)27)5-6-15(19)20)23(31)13-4-7-18-16(8-13)17-10-32-12(2)21(17)22(28)29-18/h4-9,12,19H,3,10-11H2,1-2H3,(H2,28,29)/t12-,19+/m1/s1. The monoisotopic (exact) mass is 457 g/mol. The number of benzene rings is 2. The van der Waals surface area contributed by atoms with Gasteiger partial charge in [-0.2, -0.15) is 13.2 Å². The summed E-state index contributed by atoms with van der Waals surface area (Å²) in [6.07, 6.45) is -4.63. The van der Waals surface area contributed by atoms with Gasteiger partial charge < -0.3 is 20.1 Å². The van der Waals surface area contributed by atoms with Gasteiger partial charge in [0.1, 0.15) is 18.2 Å². The lowest BCUT2D eigenvalue weighted by atomic mass is 9.99. The van der Waals surface area contributed by atoms with E-state index >= 15 is 0 Å². The summed E-state index contributed by atoms with van der Waals surface area (Å²) in [7, 11) is 0. The largest absolute Gasteiger partial charge is 0.491 e. The molecule has 3 aromatic rings. The van der Waals surface area contributed by atoms with Gasteiger partial charge in [0.05, 0.1) is 29.8 Å². The maximum atomic E-state index is 13.5. The molecule has 1 amide bonds. The Morgan fingerprint density at radius 1 is 1.24 bits per heavy atom. The second kappa shape index (κ2) is 7.62. The Balaban J connectivity index is 1.50. The van der Waals surface area contributed by atoms with E-state index in [0.717, 1.165) is 28.6 Å². The summed E-state index contributed by atoms with van der Waals surface area (Å²) in [5.74, 6) is 0.344. The van der Waals surface area contributed by atoms with Gasteiger partial charge in [0.25, 0.3) is 5.91 Å². The lowest BCUT2D eigenvalue weighted by Crippen LogP contribution is -2.35. The number of rotatable bonds is 3. The molecule has 0 aliphatic carbocycles. The van der Waals surface area contributed by atoms with E-state index in [1.165, 1.54) is 6.07 Å². The summed E-state index contributed by atoms with van der Waals surface area (Å²) in [5.41, 5.74) is 8.81. The zero-order chi connectivity index (χ0) is 23.5. The molecule has 2 N–H and O–H groups in total. The minimum absolute atomic E-state index is 0.0998. The zero-order valence-electron chi connectivity index (χ0n) is 18.1. The highest BCUT2D eigenvalue weighted by atomic mass is 19.4. The fourth-order valence-corrected chi connectivity index (χ4v) is 4.70. The van der Waals surface area contributed by atoms with Gasteiger partial charge in [-0.1, -0.05) is 6.07 Å². The number of nitrogens with two attached hydrogens (primary N) is 1. The van der Waals surface area contributed by atoms with Crippen molar-refractivity contribution in [3.8, 4) is 5.75 Å². The molecule has 2 aliphatic rings. The second-order valence-corrected chi connectivity index (χ2v) is 8.24. The first-order valence-electron chi connectivity index (χ1n) is 10.7. The normalized spacial score (nSPS) is 19.3. The van der Waals surface area contributed by atoms with E-state index in [4.69, 9.17) is 15.2 Å². The van der Waals surface area contributed by atoms with Crippen molar-refractivity contribution in [3.63, 3.8) is 0 Å². The number of nitrogen functional groups attached to an aromatic ring is 1. The quantitative estimate of drug-likeness (QED) is 0.598. The lowest BCUT2D eigenvalue weighted by Gasteiger charge is -2.27. The molecule has 0 radical (unpaired) electrons. The Morgan fingerprint density at radius 3 is 2.76 bits per heavy atom. The first-order chi connectivity index (χ1) is 15.7. The van der Waals surface area contributed by atoms with Crippen molar-refractivity contribution in [3.05, 3.63) is 64.2 Å². The first kappa shape index (κ1) is 21.5. The van der Waals surface area contributed by atoms with Crippen LogP contribution in [0.3, 0.4) is 0 Å². The summed E-state index contributed by atoms with van der Waals surface area (Å²) in [5, 5.41) is 0.809. The van der Waals surface area contributed by atoms with Crippen LogP contribution in [0.15, 0.2) is 36.4 Å². The summed E-state index contributed by atoms with van der Waals surface area (Å²) >= 11 is 0. The van der Waals surface area contributed by atoms with E-state index < -0.39 is 17.8 Å². The highest BCUT2D eigenvalue weighted by molar-refractivity contribution is 5.99. The topological polar surface area (TPSA) is 77.7 Å². The highest BCUT2D eigenvalue weighted by Gasteiger charge is 2.36. The van der Waals surface area contributed by atoms with Crippen molar-refractivity contribution in [2.75, 3.05) is 18.9 Å². The molecule has 5 rings (SSSR count). The molecule has 2 atom stereocenters. The summed E-state index contributed by atoms with van der Waals surface area (Å²) in [6.45, 7) is 4.59. The lowest BCUT2D eigenvalue weighted by molar-refractivity contribution is -0.137. The van der Waals surface area contributed by atoms with Crippen LogP contribution in [0.5, 0.6) is 5.75 Å². The Labute approximate surface area is 188 Å². The molecule has 2 aliphatic heterocycles. The number of aromatic nitrogens is 1. The predicted molar refractivity (Wildman–Crippen MR) is 116 cm³/mol. The molecule has 0 unspecified atom stereocenters. The van der Waals surface area contributed by atoms with Crippen molar-refractivity contribution in [1.29, 1.82) is 0 Å². The minimum atomic E-state index is -4.46. The van der Waals surface area contributed by atoms with E-state index in [0.29, 0.717) is 35.6 Å². The highest BCUT2D eigenvalue weighted by Crippen LogP contribution is 2.41. The molecule has 2 aromatic carbocycles. The maximum Gasteiger partial charge on any atom is 0.416 e. The predicted octanol–water partition coefficient (Wildman–Crippen LogP) is 5.02. The van der Waals surface area contributed by atoms with Crippen LogP contribution in [-0.2, 0) is 17.5 Å². The van der Waals surface area contributed by atoms with Crippen LogP contribution in [0.1, 0.15) is 58.6 Å². The van der Waals surface area contributed by atoms with E-state index in [-0.39, 0.29) is 24.4 Å². The number of pyridine rings is 1. The van der Waals surface area contributed by atoms with Crippen LogP contribution >= 0.6 is 0 Å². The summed E-state index contributed by atoms with van der Waals surface area (Å²) < 4.78 is 50.4. The smallest absolute Gasteiger partial charge is 0.416 e. The average Bonchev–Trinajstić information content (AvgIpc) is 3.37. The molecule has 0 bridgehead atoms. The number of hydrogen-bond donors (Lipinski definition) is 1. The molecule has 0 saturated carbocycles. The SMILES string of the molecule is CCN(C(=O)c1ccc2nc(N)c3c(c2c1)CO[C@@H]3C)[C@H]1COc2cc(C(F)(F)F)ccc21. The molecule has 9 heteroatoms. The van der Waals surface area contributed by atoms with Gasteiger partial charge in [0, 0.05) is 28.6 Å². The van der Waals surface area contributed by atoms with Gasteiger partial charge >= 0.3 is 6.18 Å². The molecule has 1 aromatic heterocycles. The van der Waals surface area contributed by atoms with Crippen LogP contribution in [0.4, 0.5) is 19.0 Å². The molecule has 33 heavy (non-hydrogen) atoms. The number of amides is 1. The number of likely N-dealkylation sites (N-methyl/N-ethyl adjacent to an activating group) is 1. The van der Waals surface area contributed by atoms with Crippen molar-refractivity contribution in [2.45, 2.75) is 38.8 Å². The number of carbonyl (C=O) groups is 1. The third-order valence-electron chi connectivity index (χ3n) is 6.37. The third-order valence-corrected chi connectivity index (χ3v) is 6.37. The molecule has 6 nitrogen and oxygen atoms in total. The van der Waals surface area contributed by atoms with Crippen LogP contribution in [0.2, 0.25) is 0 Å². The average molecular weight is 457 g/mol. The Morgan fingerprint density at radius 2 is 2.03 bits per heavy atom. The number of hydrogen-bond acceptors (Lipinski definition) is 5. The number of anilines is 1. The minimum Gasteiger partial charge on any atom is -0.491 e. The van der Waals surface area contributed by atoms with Crippen LogP contribution in [0, 0.1) is 0 Å². The third kappa shape index (κ3) is 3.47. The molecule has 3 heterocycles. The van der Waals surface area contributed by atoms with E-state index in [1.54, 1.807) is 23.1 Å². The number of nitrogens with zero attached hydrogens (tertiary/aromatic N) is 2. The van der Waals surface area contributed by atoms with Crippen molar-refractivity contribution >= 4 is 22.6 Å². The molecule has 0 fully saturated rings. The van der Waals surface area contributed by atoms with Crippen molar-refractivity contribution in [2.24, 2.45) is 0 Å². The molecular weight excluding hydrogens is 435 g/mol. The van der Waals surface area contributed by atoms with Crippen molar-refractivity contribution in [1.82, 2.24) is 9.88 Å². The maximum absolute atomic E-state index is 13.5. The first-order valence-corrected chi connectivity index (χ1v) is 10.7. The molecule has 172 valence electrons. The van der Waals surface area contributed by atoms with Gasteiger partial charge in [-0.15, -0.1) is 0 Å². The van der Waals surface area contributed by atoms with Gasteiger partial charge in [0.15, 0.2) is 0 Å². The fraction of sp³-hybridized carbons (Fsp3) is 0.333. The Kier molecular flexibility index (Phi) is 4.97. The molecule has 0 saturated heterocycles. The van der Waals surface area contributed by atoms with Crippen molar-refractivity contribution < 1.29 is 27.4 Å². The number of alkyl halides is 3. The fourth-order valence-electron chi connectivity index (χ4n) is 4.70. The van der Waals surface area contributed by atoms with Crippen LogP contribution in [0.25, 0.3) is 10.9 Å². The Bertz CT molecular complexity index is 1280. The number of halogens is 3. The van der Waals surface area contributed by atoms with E-state index in [1.807, 2.05) is 13.8 Å². The number of carbonyl (C=O) groups excluding carboxylic acids is 1. The van der Waals surface area contributed by atoms with E-state index in [2.05, 4.69) is 4.98 Å². The van der Waals surface area contributed by atoms with Crippen LogP contribution in [-0.4, -0.2) is 28.9 Å². The van der Waals surface area contributed by atoms with Gasteiger partial charge in [0.2, 0.25) is 0 Å². The molecular formula is C24H22F3N3O3. The summed E-state index contributed by atoms with van der Waals surface area (Å²) in [6, 6.07) is 8.16. The van der Waals surface area contributed by atoms with Gasteiger partial charge in [-0.25, -0.2) is 4.98 Å². The second-order valence-electron chi connectivity index (χ2n) is 8.24. The number of fused-ring (bicyclic) bond motifs is 4. The van der Waals surface area contributed by atoms with Gasteiger partial charge in [-0.3, -0.25) is 4.79 Å². The Hall–Kier alpha value is -3.33. The zero-order valence-corrected chi connectivity index (χ0v) is 18.1.